The molecule has 2 rings (SSSR count). The van der Waals surface area contributed by atoms with Crippen LogP contribution in [0.25, 0.3) is 0 Å². The van der Waals surface area contributed by atoms with Crippen molar-refractivity contribution in [3.63, 3.8) is 0 Å². The lowest BCUT2D eigenvalue weighted by Gasteiger charge is -2.22. The Balaban J connectivity index is 1.99. The first-order valence-electron chi connectivity index (χ1n) is 5.15. The van der Waals surface area contributed by atoms with Crippen LogP contribution in [0.3, 0.4) is 0 Å². The Morgan fingerprint density at radius 1 is 1.31 bits per heavy atom. The zero-order valence-electron chi connectivity index (χ0n) is 8.85. The summed E-state index contributed by atoms with van der Waals surface area (Å²) in [7, 11) is 0. The van der Waals surface area contributed by atoms with E-state index in [2.05, 4.69) is 16.9 Å². The summed E-state index contributed by atoms with van der Waals surface area (Å²) in [6, 6.07) is 6.18. The molecule has 0 aromatic carbocycles. The molecule has 0 radical (unpaired) electrons. The van der Waals surface area contributed by atoms with E-state index in [1.165, 1.54) is 0 Å². The van der Waals surface area contributed by atoms with Crippen molar-refractivity contribution >= 4 is 5.78 Å². The van der Waals surface area contributed by atoms with E-state index in [-0.39, 0.29) is 5.78 Å². The summed E-state index contributed by atoms with van der Waals surface area (Å²) in [6.45, 7) is 2.88. The highest BCUT2D eigenvalue weighted by molar-refractivity contribution is 6.08. The van der Waals surface area contributed by atoms with E-state index in [9.17, 15) is 4.79 Å². The Hall–Kier alpha value is -1.86. The molecule has 0 bridgehead atoms. The van der Waals surface area contributed by atoms with Gasteiger partial charge in [-0.05, 0) is 18.1 Å². The van der Waals surface area contributed by atoms with E-state index in [1.54, 1.807) is 24.5 Å². The highest BCUT2D eigenvalue weighted by atomic mass is 16.5. The maximum atomic E-state index is 11.6. The van der Waals surface area contributed by atoms with Crippen LogP contribution in [-0.2, 0) is 4.74 Å². The number of Topliss-reactive ketones (excluding diaryl/α,β-unsaturated/α-hetero) is 1. The molecule has 0 N–H and O–H groups in total. The van der Waals surface area contributed by atoms with Gasteiger partial charge in [-0.2, -0.15) is 0 Å². The van der Waals surface area contributed by atoms with Crippen LogP contribution in [0.2, 0.25) is 0 Å². The topological polar surface area (TPSA) is 42.4 Å². The van der Waals surface area contributed by atoms with E-state index in [1.807, 2.05) is 4.90 Å². The largest absolute Gasteiger partial charge is 0.378 e. The first-order chi connectivity index (χ1) is 7.86. The first kappa shape index (κ1) is 10.7. The van der Waals surface area contributed by atoms with Crippen molar-refractivity contribution in [2.24, 2.45) is 0 Å². The van der Waals surface area contributed by atoms with Crippen molar-refractivity contribution in [2.75, 3.05) is 26.3 Å². The van der Waals surface area contributed by atoms with E-state index < -0.39 is 0 Å². The normalized spacial score (nSPS) is 15.1. The van der Waals surface area contributed by atoms with Gasteiger partial charge < -0.3 is 9.64 Å². The van der Waals surface area contributed by atoms with Gasteiger partial charge in [0.1, 0.15) is 0 Å². The maximum absolute atomic E-state index is 11.6. The molecule has 0 saturated carbocycles. The lowest BCUT2D eigenvalue weighted by molar-refractivity contribution is 0.0637. The molecular weight excluding hydrogens is 204 g/mol. The molecule has 16 heavy (non-hydrogen) atoms. The predicted octanol–water partition coefficient (Wildman–Crippen LogP) is 0.557. The third-order valence-electron chi connectivity index (χ3n) is 2.28. The zero-order valence-corrected chi connectivity index (χ0v) is 8.85. The number of morpholine rings is 1. The summed E-state index contributed by atoms with van der Waals surface area (Å²) in [5.41, 5.74) is 0.579. The molecule has 4 heteroatoms. The molecule has 1 aliphatic heterocycles. The minimum absolute atomic E-state index is 0.172. The van der Waals surface area contributed by atoms with Gasteiger partial charge in [0.05, 0.1) is 13.2 Å². The van der Waals surface area contributed by atoms with Gasteiger partial charge in [0.2, 0.25) is 5.78 Å². The maximum Gasteiger partial charge on any atom is 0.237 e. The number of ketones is 1. The van der Waals surface area contributed by atoms with Crippen LogP contribution in [0.1, 0.15) is 10.4 Å². The molecule has 1 saturated heterocycles. The van der Waals surface area contributed by atoms with Crippen LogP contribution in [0.5, 0.6) is 0 Å². The van der Waals surface area contributed by atoms with Gasteiger partial charge in [-0.15, -0.1) is 0 Å². The summed E-state index contributed by atoms with van der Waals surface area (Å²) < 4.78 is 5.19. The Bertz CT molecular complexity index is 414. The average Bonchev–Trinajstić information content (AvgIpc) is 2.38. The predicted molar refractivity (Wildman–Crippen MR) is 58.7 cm³/mol. The summed E-state index contributed by atoms with van der Waals surface area (Å²) in [6.07, 6.45) is 3.17. The van der Waals surface area contributed by atoms with Crippen LogP contribution in [-0.4, -0.2) is 42.0 Å². The second kappa shape index (κ2) is 5.29. The first-order valence-corrected chi connectivity index (χ1v) is 5.15. The fourth-order valence-electron chi connectivity index (χ4n) is 1.38. The molecule has 0 unspecified atom stereocenters. The number of carbonyl (C=O) groups excluding carboxylic acids is 1. The van der Waals surface area contributed by atoms with E-state index in [4.69, 9.17) is 4.74 Å². The molecule has 0 amide bonds. The van der Waals surface area contributed by atoms with Gasteiger partial charge in [-0.3, -0.25) is 9.78 Å². The number of nitrogens with zero attached hydrogens (tertiary/aromatic N) is 2. The molecule has 0 spiro atoms. The van der Waals surface area contributed by atoms with Gasteiger partial charge >= 0.3 is 0 Å². The average molecular weight is 216 g/mol. The van der Waals surface area contributed by atoms with Crippen molar-refractivity contribution in [1.29, 1.82) is 0 Å². The third kappa shape index (κ3) is 2.81. The number of ether oxygens (including phenoxy) is 1. The van der Waals surface area contributed by atoms with Crippen molar-refractivity contribution in [1.82, 2.24) is 9.88 Å². The van der Waals surface area contributed by atoms with Gasteiger partial charge in [-0.1, -0.05) is 0 Å². The summed E-state index contributed by atoms with van der Waals surface area (Å²) in [5.74, 6) is 2.45. The van der Waals surface area contributed by atoms with Crippen molar-refractivity contribution in [2.45, 2.75) is 0 Å². The summed E-state index contributed by atoms with van der Waals surface area (Å²) in [4.78, 5) is 17.4. The minimum Gasteiger partial charge on any atom is -0.378 e. The number of rotatable bonds is 1. The molecule has 1 aromatic heterocycles. The number of carbonyl (C=O) groups is 1. The van der Waals surface area contributed by atoms with Crippen LogP contribution in [0.4, 0.5) is 0 Å². The van der Waals surface area contributed by atoms with E-state index >= 15 is 0 Å². The fourth-order valence-corrected chi connectivity index (χ4v) is 1.38. The molecule has 82 valence electrons. The highest BCUT2D eigenvalue weighted by Gasteiger charge is 2.06. The van der Waals surface area contributed by atoms with Gasteiger partial charge in [0.15, 0.2) is 0 Å². The second-order valence-corrected chi connectivity index (χ2v) is 3.40. The molecular formula is C12H12N2O2. The summed E-state index contributed by atoms with van der Waals surface area (Å²) >= 11 is 0. The van der Waals surface area contributed by atoms with E-state index in [0.29, 0.717) is 18.8 Å². The molecule has 1 aliphatic rings. The Kier molecular flexibility index (Phi) is 3.52. The molecule has 0 aliphatic carbocycles. The highest BCUT2D eigenvalue weighted by Crippen LogP contribution is 1.98. The smallest absolute Gasteiger partial charge is 0.237 e. The van der Waals surface area contributed by atoms with Crippen LogP contribution in [0, 0.1) is 12.0 Å². The molecule has 0 atom stereocenters. The number of hydrogen-bond acceptors (Lipinski definition) is 4. The minimum atomic E-state index is -0.172. The summed E-state index contributed by atoms with van der Waals surface area (Å²) in [5, 5.41) is 0. The Morgan fingerprint density at radius 2 is 2.00 bits per heavy atom. The lowest BCUT2D eigenvalue weighted by atomic mass is 10.2. The van der Waals surface area contributed by atoms with Gasteiger partial charge in [0.25, 0.3) is 0 Å². The molecule has 4 nitrogen and oxygen atoms in total. The van der Waals surface area contributed by atoms with Crippen LogP contribution >= 0.6 is 0 Å². The second-order valence-electron chi connectivity index (χ2n) is 3.40. The van der Waals surface area contributed by atoms with Gasteiger partial charge in [-0.25, -0.2) is 0 Å². The number of aromatic nitrogens is 1. The molecule has 2 heterocycles. The Labute approximate surface area is 94.2 Å². The van der Waals surface area contributed by atoms with Crippen LogP contribution in [0.15, 0.2) is 24.5 Å². The van der Waals surface area contributed by atoms with Crippen molar-refractivity contribution in [3.05, 3.63) is 30.1 Å². The number of pyridine rings is 1. The Morgan fingerprint density at radius 3 is 2.69 bits per heavy atom. The van der Waals surface area contributed by atoms with Crippen molar-refractivity contribution < 1.29 is 9.53 Å². The SMILES string of the molecule is O=C(C#CN1CCOCC1)c1ccncc1. The molecule has 1 aromatic rings. The standard InChI is InChI=1S/C12H12N2O2/c15-12(11-1-4-13-5-2-11)3-6-14-7-9-16-10-8-14/h1-2,4-5H,7-10H2. The quantitative estimate of drug-likeness (QED) is 0.508. The fraction of sp³-hybridized carbons (Fsp3) is 0.333. The monoisotopic (exact) mass is 216 g/mol. The van der Waals surface area contributed by atoms with E-state index in [0.717, 1.165) is 13.1 Å². The number of hydrogen-bond donors (Lipinski definition) is 0. The van der Waals surface area contributed by atoms with Crippen LogP contribution < -0.4 is 0 Å². The lowest BCUT2D eigenvalue weighted by Crippen LogP contribution is -2.32. The van der Waals surface area contributed by atoms with Gasteiger partial charge in [0, 0.05) is 37.1 Å². The zero-order chi connectivity index (χ0) is 11.2. The van der Waals surface area contributed by atoms with Crippen molar-refractivity contribution in [3.8, 4) is 12.0 Å². The third-order valence-corrected chi connectivity index (χ3v) is 2.28. The molecule has 1 fully saturated rings.